The molecule has 0 aromatic carbocycles. The van der Waals surface area contributed by atoms with Gasteiger partial charge in [0, 0.05) is 12.5 Å². The molecule has 1 saturated carbocycles. The van der Waals surface area contributed by atoms with Gasteiger partial charge in [0.2, 0.25) is 0 Å². The van der Waals surface area contributed by atoms with Crippen LogP contribution in [-0.4, -0.2) is 25.4 Å². The van der Waals surface area contributed by atoms with Crippen LogP contribution in [0, 0.1) is 11.3 Å². The van der Waals surface area contributed by atoms with Crippen molar-refractivity contribution in [2.45, 2.75) is 33.6 Å². The van der Waals surface area contributed by atoms with Gasteiger partial charge >= 0.3 is 5.97 Å². The van der Waals surface area contributed by atoms with Gasteiger partial charge in [0.25, 0.3) is 0 Å². The molecule has 1 aliphatic rings. The number of rotatable bonds is 6. The topological polar surface area (TPSA) is 81.4 Å². The smallest absolute Gasteiger partial charge is 0.343 e. The molecule has 1 aromatic heterocycles. The van der Waals surface area contributed by atoms with E-state index in [2.05, 4.69) is 12.2 Å². The molecule has 3 N–H and O–H groups in total. The summed E-state index contributed by atoms with van der Waals surface area (Å²) in [5.41, 5.74) is 6.83. The zero-order chi connectivity index (χ0) is 15.8. The normalized spacial score (nSPS) is 15.9. The number of ketones is 1. The van der Waals surface area contributed by atoms with E-state index in [1.165, 1.54) is 31.3 Å². The first kappa shape index (κ1) is 15.8. The molecule has 0 aliphatic heterocycles. The predicted molar refractivity (Wildman–Crippen MR) is 85.1 cm³/mol. The average molecular weight is 310 g/mol. The van der Waals surface area contributed by atoms with Crippen LogP contribution in [0.4, 0.5) is 10.7 Å². The van der Waals surface area contributed by atoms with Gasteiger partial charge in [0.15, 0.2) is 5.78 Å². The number of esters is 1. The lowest BCUT2D eigenvalue weighted by atomic mass is 10.1. The van der Waals surface area contributed by atoms with Crippen LogP contribution < -0.4 is 11.1 Å². The number of nitrogens with two attached hydrogens (primary N) is 1. The van der Waals surface area contributed by atoms with Gasteiger partial charge in [-0.25, -0.2) is 4.79 Å². The molecular weight excluding hydrogens is 288 g/mol. The minimum absolute atomic E-state index is 0.0478. The molecule has 1 fully saturated rings. The molecule has 1 aliphatic carbocycles. The number of Topliss-reactive ketones (excluding diaryl/α,β-unsaturated/α-hetero) is 1. The highest BCUT2D eigenvalue weighted by molar-refractivity contribution is 7.19. The van der Waals surface area contributed by atoms with Crippen molar-refractivity contribution in [2.24, 2.45) is 11.3 Å². The van der Waals surface area contributed by atoms with E-state index in [1.807, 2.05) is 13.8 Å². The summed E-state index contributed by atoms with van der Waals surface area (Å²) >= 11 is 1.25. The predicted octanol–water partition coefficient (Wildman–Crippen LogP) is 3.17. The molecule has 0 bridgehead atoms. The molecule has 1 aromatic rings. The van der Waals surface area contributed by atoms with Gasteiger partial charge in [0.1, 0.15) is 10.6 Å². The van der Waals surface area contributed by atoms with Crippen molar-refractivity contribution >= 4 is 33.8 Å². The number of hydrogen-bond donors (Lipinski definition) is 2. The summed E-state index contributed by atoms with van der Waals surface area (Å²) in [6.45, 7) is 6.59. The van der Waals surface area contributed by atoms with Crippen molar-refractivity contribution in [1.29, 1.82) is 0 Å². The minimum Gasteiger partial charge on any atom is -0.465 e. The SMILES string of the molecule is COC(=O)c1c(NCC2(C)CC2)sc(C(=O)C(C)C)c1N. The van der Waals surface area contributed by atoms with Gasteiger partial charge in [-0.3, -0.25) is 4.79 Å². The third-order valence-corrected chi connectivity index (χ3v) is 5.04. The van der Waals surface area contributed by atoms with E-state index in [0.717, 1.165) is 6.54 Å². The fourth-order valence-corrected chi connectivity index (χ4v) is 3.19. The number of ether oxygens (including phenoxy) is 1. The van der Waals surface area contributed by atoms with Crippen LogP contribution in [-0.2, 0) is 4.74 Å². The largest absolute Gasteiger partial charge is 0.465 e. The molecule has 2 rings (SSSR count). The van der Waals surface area contributed by atoms with Gasteiger partial charge in [-0.15, -0.1) is 11.3 Å². The summed E-state index contributed by atoms with van der Waals surface area (Å²) in [5.74, 6) is -0.714. The Hall–Kier alpha value is -1.56. The number of nitrogens with one attached hydrogen (secondary N) is 1. The van der Waals surface area contributed by atoms with E-state index in [4.69, 9.17) is 10.5 Å². The van der Waals surface area contributed by atoms with Gasteiger partial charge in [-0.1, -0.05) is 20.8 Å². The van der Waals surface area contributed by atoms with E-state index in [9.17, 15) is 9.59 Å². The lowest BCUT2D eigenvalue weighted by molar-refractivity contribution is 0.0603. The van der Waals surface area contributed by atoms with Crippen LogP contribution in [0.5, 0.6) is 0 Å². The molecule has 0 radical (unpaired) electrons. The zero-order valence-corrected chi connectivity index (χ0v) is 13.7. The third kappa shape index (κ3) is 3.20. The summed E-state index contributed by atoms with van der Waals surface area (Å²) in [5, 5.41) is 3.91. The molecule has 1 heterocycles. The van der Waals surface area contributed by atoms with Crippen LogP contribution in [0.3, 0.4) is 0 Å². The molecule has 0 amide bonds. The van der Waals surface area contributed by atoms with Crippen LogP contribution in [0.15, 0.2) is 0 Å². The summed E-state index contributed by atoms with van der Waals surface area (Å²) in [6, 6.07) is 0. The number of methoxy groups -OCH3 is 1. The minimum atomic E-state index is -0.505. The van der Waals surface area contributed by atoms with Crippen LogP contribution in [0.25, 0.3) is 0 Å². The summed E-state index contributed by atoms with van der Waals surface area (Å²) in [6.07, 6.45) is 2.35. The lowest BCUT2D eigenvalue weighted by Crippen LogP contribution is -2.14. The highest BCUT2D eigenvalue weighted by Gasteiger charge is 2.37. The fraction of sp³-hybridized carbons (Fsp3) is 0.600. The lowest BCUT2D eigenvalue weighted by Gasteiger charge is -2.11. The first-order valence-electron chi connectivity index (χ1n) is 7.08. The standard InChI is InChI=1S/C15H22N2O3S/c1-8(2)11(18)12-10(16)9(14(19)20-4)13(21-12)17-7-15(3)5-6-15/h8,17H,5-7,16H2,1-4H3. The third-order valence-electron chi connectivity index (χ3n) is 3.86. The van der Waals surface area contributed by atoms with Crippen molar-refractivity contribution in [1.82, 2.24) is 0 Å². The number of nitrogen functional groups attached to an aromatic ring is 1. The van der Waals surface area contributed by atoms with Crippen LogP contribution in [0.2, 0.25) is 0 Å². The highest BCUT2D eigenvalue weighted by Crippen LogP contribution is 2.46. The maximum Gasteiger partial charge on any atom is 0.343 e. The molecule has 0 atom stereocenters. The van der Waals surface area contributed by atoms with E-state index in [-0.39, 0.29) is 28.4 Å². The van der Waals surface area contributed by atoms with Crippen molar-refractivity contribution in [3.8, 4) is 0 Å². The summed E-state index contributed by atoms with van der Waals surface area (Å²) in [4.78, 5) is 24.6. The maximum absolute atomic E-state index is 12.2. The number of anilines is 2. The molecule has 0 spiro atoms. The van der Waals surface area contributed by atoms with Crippen LogP contribution >= 0.6 is 11.3 Å². The number of thiophene rings is 1. The van der Waals surface area contributed by atoms with E-state index in [1.54, 1.807) is 0 Å². The molecule has 0 saturated heterocycles. The van der Waals surface area contributed by atoms with Gasteiger partial charge in [-0.2, -0.15) is 0 Å². The van der Waals surface area contributed by atoms with E-state index >= 15 is 0 Å². The molecule has 6 heteroatoms. The monoisotopic (exact) mass is 310 g/mol. The zero-order valence-electron chi connectivity index (χ0n) is 12.9. The number of carbonyl (C=O) groups excluding carboxylic acids is 2. The van der Waals surface area contributed by atoms with Gasteiger partial charge in [-0.05, 0) is 18.3 Å². The Morgan fingerprint density at radius 3 is 2.52 bits per heavy atom. The second kappa shape index (κ2) is 5.67. The van der Waals surface area contributed by atoms with Crippen molar-refractivity contribution in [3.63, 3.8) is 0 Å². The quantitative estimate of drug-likeness (QED) is 0.623. The Bertz CT molecular complexity index is 574. The Morgan fingerprint density at radius 1 is 1.43 bits per heavy atom. The first-order chi connectivity index (χ1) is 9.79. The fourth-order valence-electron chi connectivity index (χ4n) is 2.00. The van der Waals surface area contributed by atoms with Gasteiger partial charge < -0.3 is 15.8 Å². The Kier molecular flexibility index (Phi) is 4.27. The molecule has 116 valence electrons. The molecule has 21 heavy (non-hydrogen) atoms. The first-order valence-corrected chi connectivity index (χ1v) is 7.89. The number of carbonyl (C=O) groups is 2. The van der Waals surface area contributed by atoms with E-state index < -0.39 is 5.97 Å². The van der Waals surface area contributed by atoms with Crippen molar-refractivity contribution < 1.29 is 14.3 Å². The van der Waals surface area contributed by atoms with E-state index in [0.29, 0.717) is 9.88 Å². The summed E-state index contributed by atoms with van der Waals surface area (Å²) in [7, 11) is 1.31. The van der Waals surface area contributed by atoms with Gasteiger partial charge in [0.05, 0.1) is 17.7 Å². The Morgan fingerprint density at radius 2 is 2.05 bits per heavy atom. The average Bonchev–Trinajstić information content (AvgIpc) is 3.08. The maximum atomic E-state index is 12.2. The Labute approximate surface area is 128 Å². The molecular formula is C15H22N2O3S. The van der Waals surface area contributed by atoms with Crippen LogP contribution in [0.1, 0.15) is 53.6 Å². The van der Waals surface area contributed by atoms with Crippen molar-refractivity contribution in [3.05, 3.63) is 10.4 Å². The second-order valence-corrected chi connectivity index (χ2v) is 7.24. The summed E-state index contributed by atoms with van der Waals surface area (Å²) < 4.78 is 4.80. The molecule has 5 nitrogen and oxygen atoms in total. The van der Waals surface area contributed by atoms with Crippen molar-refractivity contribution in [2.75, 3.05) is 24.7 Å². The highest BCUT2D eigenvalue weighted by atomic mass is 32.1. The molecule has 0 unspecified atom stereocenters. The Balaban J connectivity index is 2.34. The number of hydrogen-bond acceptors (Lipinski definition) is 6. The second-order valence-electron chi connectivity index (χ2n) is 6.22.